The number of rotatable bonds is 10. The Hall–Kier alpha value is -0.900. The van der Waals surface area contributed by atoms with Gasteiger partial charge in [-0.2, -0.15) is 0 Å². The number of ether oxygens (including phenoxy) is 2. The van der Waals surface area contributed by atoms with Gasteiger partial charge < -0.3 is 14.6 Å². The maximum Gasteiger partial charge on any atom is 0.163 e. The van der Waals surface area contributed by atoms with Gasteiger partial charge in [-0.1, -0.05) is 70.2 Å². The molecule has 0 bridgehead atoms. The largest absolute Gasteiger partial charge is 0.388 e. The second-order valence-electron chi connectivity index (χ2n) is 7.79. The first-order valence-electron chi connectivity index (χ1n) is 10.1. The van der Waals surface area contributed by atoms with Gasteiger partial charge in [0.15, 0.2) is 5.79 Å². The van der Waals surface area contributed by atoms with E-state index in [1.165, 1.54) is 37.7 Å². The molecule has 1 saturated heterocycles. The van der Waals surface area contributed by atoms with Gasteiger partial charge in [-0.25, -0.2) is 0 Å². The quantitative estimate of drug-likeness (QED) is 0.563. The Labute approximate surface area is 153 Å². The summed E-state index contributed by atoms with van der Waals surface area (Å²) >= 11 is 0. The molecule has 1 aromatic carbocycles. The topological polar surface area (TPSA) is 38.7 Å². The van der Waals surface area contributed by atoms with Crippen molar-refractivity contribution in [1.29, 1.82) is 0 Å². The van der Waals surface area contributed by atoms with Crippen molar-refractivity contribution in [3.63, 3.8) is 0 Å². The lowest BCUT2D eigenvalue weighted by molar-refractivity contribution is -0.146. The molecular weight excluding hydrogens is 312 g/mol. The molecule has 1 unspecified atom stereocenters. The predicted octanol–water partition coefficient (Wildman–Crippen LogP) is 5.55. The van der Waals surface area contributed by atoms with Gasteiger partial charge >= 0.3 is 0 Å². The van der Waals surface area contributed by atoms with Crippen LogP contribution >= 0.6 is 0 Å². The highest BCUT2D eigenvalue weighted by Crippen LogP contribution is 2.33. The molecule has 2 rings (SSSR count). The first-order chi connectivity index (χ1) is 11.9. The number of benzene rings is 1. The number of aliphatic hydroxyl groups excluding tert-OH is 1. The summed E-state index contributed by atoms with van der Waals surface area (Å²) in [5.74, 6) is -0.489. The van der Waals surface area contributed by atoms with Gasteiger partial charge in [0.2, 0.25) is 0 Å². The lowest BCUT2D eigenvalue weighted by Crippen LogP contribution is -2.25. The van der Waals surface area contributed by atoms with Gasteiger partial charge in [-0.3, -0.25) is 0 Å². The van der Waals surface area contributed by atoms with Crippen LogP contribution in [0.25, 0.3) is 0 Å². The molecule has 3 nitrogen and oxygen atoms in total. The van der Waals surface area contributed by atoms with E-state index in [0.717, 1.165) is 24.8 Å². The fraction of sp³-hybridized carbons (Fsp3) is 0.727. The zero-order valence-corrected chi connectivity index (χ0v) is 16.5. The van der Waals surface area contributed by atoms with Crippen molar-refractivity contribution in [2.45, 2.75) is 103 Å². The average molecular weight is 349 g/mol. The molecule has 3 atom stereocenters. The Kier molecular flexibility index (Phi) is 7.92. The van der Waals surface area contributed by atoms with Crippen LogP contribution in [-0.4, -0.2) is 23.1 Å². The van der Waals surface area contributed by atoms with Crippen molar-refractivity contribution < 1.29 is 14.6 Å². The number of hydrogen-bond donors (Lipinski definition) is 1. The Bertz CT molecular complexity index is 494. The van der Waals surface area contributed by atoms with Crippen LogP contribution in [0, 0.1) is 0 Å². The molecule has 25 heavy (non-hydrogen) atoms. The van der Waals surface area contributed by atoms with Crippen molar-refractivity contribution in [2.75, 3.05) is 0 Å². The molecule has 1 heterocycles. The smallest absolute Gasteiger partial charge is 0.163 e. The van der Waals surface area contributed by atoms with Crippen LogP contribution < -0.4 is 0 Å². The van der Waals surface area contributed by atoms with E-state index in [9.17, 15) is 5.11 Å². The van der Waals surface area contributed by atoms with E-state index in [0.29, 0.717) is 0 Å². The van der Waals surface area contributed by atoms with E-state index in [1.807, 2.05) is 32.9 Å². The zero-order chi connectivity index (χ0) is 18.3. The van der Waals surface area contributed by atoms with Gasteiger partial charge in [0.05, 0.1) is 18.3 Å². The first-order valence-corrected chi connectivity index (χ1v) is 10.1. The van der Waals surface area contributed by atoms with Gasteiger partial charge in [0.1, 0.15) is 0 Å². The van der Waals surface area contributed by atoms with Crippen molar-refractivity contribution in [3.05, 3.63) is 35.4 Å². The van der Waals surface area contributed by atoms with E-state index < -0.39 is 5.79 Å². The summed E-state index contributed by atoms with van der Waals surface area (Å²) in [6.45, 7) is 8.27. The molecule has 1 aliphatic heterocycles. The van der Waals surface area contributed by atoms with Crippen molar-refractivity contribution in [2.24, 2.45) is 0 Å². The van der Waals surface area contributed by atoms with Crippen LogP contribution in [0.1, 0.15) is 89.9 Å². The van der Waals surface area contributed by atoms with Crippen LogP contribution in [0.4, 0.5) is 0 Å². The van der Waals surface area contributed by atoms with Crippen molar-refractivity contribution in [3.8, 4) is 0 Å². The maximum absolute atomic E-state index is 9.93. The third-order valence-electron chi connectivity index (χ3n) is 5.07. The molecule has 1 N–H and O–H groups in total. The summed E-state index contributed by atoms with van der Waals surface area (Å²) in [7, 11) is 0. The Morgan fingerprint density at radius 2 is 1.60 bits per heavy atom. The summed E-state index contributed by atoms with van der Waals surface area (Å²) < 4.78 is 12.3. The van der Waals surface area contributed by atoms with Crippen LogP contribution in [0.2, 0.25) is 0 Å². The van der Waals surface area contributed by atoms with Crippen LogP contribution in [0.5, 0.6) is 0 Å². The Balaban J connectivity index is 1.90. The molecule has 0 saturated carbocycles. The second-order valence-corrected chi connectivity index (χ2v) is 7.79. The van der Waals surface area contributed by atoms with Crippen LogP contribution in [0.3, 0.4) is 0 Å². The van der Waals surface area contributed by atoms with Gasteiger partial charge in [-0.05, 0) is 37.8 Å². The third kappa shape index (κ3) is 6.40. The van der Waals surface area contributed by atoms with Gasteiger partial charge in [0, 0.05) is 6.42 Å². The Morgan fingerprint density at radius 3 is 2.24 bits per heavy atom. The fourth-order valence-electron chi connectivity index (χ4n) is 3.62. The minimum Gasteiger partial charge on any atom is -0.388 e. The summed E-state index contributed by atoms with van der Waals surface area (Å²) in [5.41, 5.74) is 2.23. The van der Waals surface area contributed by atoms with Crippen LogP contribution in [-0.2, 0) is 15.9 Å². The molecule has 1 aliphatic rings. The molecule has 0 amide bonds. The lowest BCUT2D eigenvalue weighted by atomic mass is 9.97. The maximum atomic E-state index is 9.93. The molecule has 1 aromatic rings. The summed E-state index contributed by atoms with van der Waals surface area (Å²) in [5, 5.41) is 9.93. The van der Waals surface area contributed by atoms with Gasteiger partial charge in [-0.15, -0.1) is 0 Å². The molecule has 0 aliphatic carbocycles. The highest BCUT2D eigenvalue weighted by molar-refractivity contribution is 5.25. The zero-order valence-electron chi connectivity index (χ0n) is 16.5. The van der Waals surface area contributed by atoms with E-state index in [2.05, 4.69) is 19.1 Å². The predicted molar refractivity (Wildman–Crippen MR) is 103 cm³/mol. The SMILES string of the molecule is CCCCCCC[C@H]1OC(C)(C)O[C@@H]1Cc1ccc(C(O)CC)cc1. The van der Waals surface area contributed by atoms with Crippen molar-refractivity contribution >= 4 is 0 Å². The summed E-state index contributed by atoms with van der Waals surface area (Å²) in [6, 6.07) is 8.29. The lowest BCUT2D eigenvalue weighted by Gasteiger charge is -2.17. The van der Waals surface area contributed by atoms with Crippen molar-refractivity contribution in [1.82, 2.24) is 0 Å². The summed E-state index contributed by atoms with van der Waals surface area (Å²) in [6.07, 6.45) is 9.03. The average Bonchev–Trinajstić information content (AvgIpc) is 2.88. The summed E-state index contributed by atoms with van der Waals surface area (Å²) in [4.78, 5) is 0. The normalized spacial score (nSPS) is 23.7. The number of aliphatic hydroxyl groups is 1. The first kappa shape index (κ1) is 20.4. The minimum atomic E-state index is -0.489. The molecule has 0 radical (unpaired) electrons. The van der Waals surface area contributed by atoms with E-state index in [-0.39, 0.29) is 18.3 Å². The number of hydrogen-bond acceptors (Lipinski definition) is 3. The van der Waals surface area contributed by atoms with E-state index in [4.69, 9.17) is 9.47 Å². The molecule has 3 heteroatoms. The van der Waals surface area contributed by atoms with E-state index in [1.54, 1.807) is 0 Å². The highest BCUT2D eigenvalue weighted by atomic mass is 16.7. The standard InChI is InChI=1S/C22H36O3/c1-5-7-8-9-10-11-20-21(25-22(3,4)24-20)16-17-12-14-18(15-13-17)19(23)6-2/h12-15,19-21,23H,5-11,16H2,1-4H3/t19?,20-,21-/m1/s1. The fourth-order valence-corrected chi connectivity index (χ4v) is 3.62. The number of unbranched alkanes of at least 4 members (excludes halogenated alkanes) is 4. The molecule has 0 aromatic heterocycles. The van der Waals surface area contributed by atoms with E-state index >= 15 is 0 Å². The highest BCUT2D eigenvalue weighted by Gasteiger charge is 2.40. The third-order valence-corrected chi connectivity index (χ3v) is 5.07. The monoisotopic (exact) mass is 348 g/mol. The van der Waals surface area contributed by atoms with Crippen LogP contribution in [0.15, 0.2) is 24.3 Å². The second kappa shape index (κ2) is 9.70. The Morgan fingerprint density at radius 1 is 0.960 bits per heavy atom. The molecule has 1 fully saturated rings. The molecule has 0 spiro atoms. The van der Waals surface area contributed by atoms with Gasteiger partial charge in [0.25, 0.3) is 0 Å². The molecule has 142 valence electrons. The minimum absolute atomic E-state index is 0.114. The molecular formula is C22H36O3.